The average molecular weight is 407 g/mol. The molecule has 1 aromatic rings. The Labute approximate surface area is 162 Å². The average Bonchev–Trinajstić information content (AvgIpc) is 3.06. The van der Waals surface area contributed by atoms with E-state index in [0.29, 0.717) is 24.5 Å². The van der Waals surface area contributed by atoms with Crippen LogP contribution in [-0.2, 0) is 19.4 Å². The van der Waals surface area contributed by atoms with Crippen LogP contribution in [0.2, 0.25) is 0 Å². The van der Waals surface area contributed by atoms with Gasteiger partial charge in [0.05, 0.1) is 24.1 Å². The Balaban J connectivity index is 1.37. The van der Waals surface area contributed by atoms with Crippen LogP contribution < -0.4 is 14.8 Å². The first kappa shape index (κ1) is 18.7. The Kier molecular flexibility index (Phi) is 4.96. The zero-order chi connectivity index (χ0) is 19.7. The molecule has 10 heteroatoms. The molecular formula is C18H21N3O6S. The molecule has 3 aliphatic rings. The van der Waals surface area contributed by atoms with Crippen LogP contribution in [0.25, 0.3) is 0 Å². The summed E-state index contributed by atoms with van der Waals surface area (Å²) in [7, 11) is -3.15. The second-order valence-electron chi connectivity index (χ2n) is 7.05. The molecular weight excluding hydrogens is 386 g/mol. The van der Waals surface area contributed by atoms with Gasteiger partial charge in [0.25, 0.3) is 5.91 Å². The van der Waals surface area contributed by atoms with Gasteiger partial charge < -0.3 is 14.8 Å². The van der Waals surface area contributed by atoms with E-state index in [1.54, 1.807) is 6.07 Å². The molecule has 150 valence electrons. The van der Waals surface area contributed by atoms with Gasteiger partial charge in [-0.25, -0.2) is 13.4 Å². The molecule has 0 saturated carbocycles. The lowest BCUT2D eigenvalue weighted by Gasteiger charge is -2.28. The smallest absolute Gasteiger partial charge is 0.267 e. The standard InChI is InChI=1S/C18H21N3O6S/c22-17-6-5-14(20-21(17)12-7-8-28(24,25)11-12)18(23)19-9-13-10-26-15-3-1-2-4-16(15)27-13/h1-4,12-13H,5-11H2,(H,19,23)/t12-,13+/m1/s1. The van der Waals surface area contributed by atoms with Crippen LogP contribution in [0.3, 0.4) is 0 Å². The van der Waals surface area contributed by atoms with Crippen molar-refractivity contribution in [1.29, 1.82) is 0 Å². The van der Waals surface area contributed by atoms with E-state index in [-0.39, 0.29) is 54.5 Å². The normalized spacial score (nSPS) is 25.9. The lowest BCUT2D eigenvalue weighted by molar-refractivity contribution is -0.133. The molecule has 1 aromatic carbocycles. The number of para-hydroxylation sites is 2. The molecule has 0 unspecified atom stereocenters. The number of hydrazone groups is 1. The number of nitrogens with zero attached hydrogens (tertiary/aromatic N) is 2. The second-order valence-corrected chi connectivity index (χ2v) is 9.28. The number of rotatable bonds is 4. The predicted molar refractivity (Wildman–Crippen MR) is 99.9 cm³/mol. The summed E-state index contributed by atoms with van der Waals surface area (Å²) in [6.07, 6.45) is 0.380. The molecule has 1 fully saturated rings. The fourth-order valence-corrected chi connectivity index (χ4v) is 5.15. The van der Waals surface area contributed by atoms with Gasteiger partial charge in [0.15, 0.2) is 21.3 Å². The summed E-state index contributed by atoms with van der Waals surface area (Å²) in [4.78, 5) is 24.6. The molecule has 1 N–H and O–H groups in total. The van der Waals surface area contributed by atoms with E-state index < -0.39 is 15.9 Å². The quantitative estimate of drug-likeness (QED) is 0.758. The van der Waals surface area contributed by atoms with E-state index in [4.69, 9.17) is 9.47 Å². The van der Waals surface area contributed by atoms with E-state index in [0.717, 1.165) is 0 Å². The maximum atomic E-state index is 12.5. The number of nitrogens with one attached hydrogen (secondary N) is 1. The summed E-state index contributed by atoms with van der Waals surface area (Å²) in [5.41, 5.74) is 0.223. The summed E-state index contributed by atoms with van der Waals surface area (Å²) in [6.45, 7) is 0.548. The third-order valence-corrected chi connectivity index (χ3v) is 6.68. The van der Waals surface area contributed by atoms with Crippen molar-refractivity contribution in [3.05, 3.63) is 24.3 Å². The molecule has 2 atom stereocenters. The van der Waals surface area contributed by atoms with Gasteiger partial charge in [-0.05, 0) is 18.6 Å². The van der Waals surface area contributed by atoms with Gasteiger partial charge in [-0.1, -0.05) is 12.1 Å². The number of hydrogen-bond donors (Lipinski definition) is 1. The number of ether oxygens (including phenoxy) is 2. The highest BCUT2D eigenvalue weighted by Crippen LogP contribution is 2.30. The molecule has 4 rings (SSSR count). The number of carbonyl (C=O) groups is 2. The second kappa shape index (κ2) is 7.42. The van der Waals surface area contributed by atoms with E-state index in [9.17, 15) is 18.0 Å². The molecule has 28 heavy (non-hydrogen) atoms. The minimum Gasteiger partial charge on any atom is -0.486 e. The highest BCUT2D eigenvalue weighted by Gasteiger charge is 2.37. The Morgan fingerprint density at radius 1 is 1.25 bits per heavy atom. The van der Waals surface area contributed by atoms with E-state index in [1.807, 2.05) is 18.2 Å². The molecule has 0 spiro atoms. The highest BCUT2D eigenvalue weighted by atomic mass is 32.2. The number of sulfone groups is 1. The maximum Gasteiger partial charge on any atom is 0.267 e. The van der Waals surface area contributed by atoms with Gasteiger partial charge >= 0.3 is 0 Å². The number of carbonyl (C=O) groups excluding carboxylic acids is 2. The fraction of sp³-hybridized carbons (Fsp3) is 0.500. The van der Waals surface area contributed by atoms with Crippen molar-refractivity contribution in [2.75, 3.05) is 24.7 Å². The van der Waals surface area contributed by atoms with Crippen molar-refractivity contribution in [2.24, 2.45) is 5.10 Å². The first-order valence-electron chi connectivity index (χ1n) is 9.18. The minimum atomic E-state index is -3.15. The van der Waals surface area contributed by atoms with Crippen molar-refractivity contribution in [3.63, 3.8) is 0 Å². The molecule has 0 aliphatic carbocycles. The molecule has 3 heterocycles. The van der Waals surface area contributed by atoms with Crippen LogP contribution in [0, 0.1) is 0 Å². The van der Waals surface area contributed by atoms with Crippen molar-refractivity contribution in [2.45, 2.75) is 31.4 Å². The first-order valence-corrected chi connectivity index (χ1v) is 11.0. The summed E-state index contributed by atoms with van der Waals surface area (Å²) in [5, 5.41) is 8.11. The van der Waals surface area contributed by atoms with Crippen molar-refractivity contribution < 1.29 is 27.5 Å². The Hall–Kier alpha value is -2.62. The fourth-order valence-electron chi connectivity index (χ4n) is 3.46. The van der Waals surface area contributed by atoms with Gasteiger partial charge in [-0.15, -0.1) is 0 Å². The molecule has 0 aromatic heterocycles. The summed E-state index contributed by atoms with van der Waals surface area (Å²) < 4.78 is 34.8. The molecule has 3 aliphatic heterocycles. The van der Waals surface area contributed by atoms with Gasteiger partial charge in [0, 0.05) is 12.8 Å². The number of fused-ring (bicyclic) bond motifs is 1. The van der Waals surface area contributed by atoms with Crippen molar-refractivity contribution in [1.82, 2.24) is 10.3 Å². The van der Waals surface area contributed by atoms with Crippen LogP contribution in [0.4, 0.5) is 0 Å². The SMILES string of the molecule is O=C(NC[C@H]1COc2ccccc2O1)C1=NN([C@@H]2CCS(=O)(=O)C2)C(=O)CC1. The summed E-state index contributed by atoms with van der Waals surface area (Å²) in [6, 6.07) is 6.82. The van der Waals surface area contributed by atoms with Crippen LogP contribution >= 0.6 is 0 Å². The Morgan fingerprint density at radius 2 is 2.04 bits per heavy atom. The van der Waals surface area contributed by atoms with Crippen molar-refractivity contribution >= 4 is 27.4 Å². The van der Waals surface area contributed by atoms with Crippen LogP contribution in [-0.4, -0.2) is 67.8 Å². The highest BCUT2D eigenvalue weighted by molar-refractivity contribution is 7.91. The lowest BCUT2D eigenvalue weighted by Crippen LogP contribution is -2.46. The zero-order valence-corrected chi connectivity index (χ0v) is 16.0. The first-order chi connectivity index (χ1) is 13.4. The van der Waals surface area contributed by atoms with Crippen molar-refractivity contribution in [3.8, 4) is 11.5 Å². The van der Waals surface area contributed by atoms with Gasteiger partial charge in [0.2, 0.25) is 5.91 Å². The minimum absolute atomic E-state index is 0.0407. The van der Waals surface area contributed by atoms with E-state index >= 15 is 0 Å². The molecule has 1 saturated heterocycles. The number of amides is 2. The van der Waals surface area contributed by atoms with Crippen LogP contribution in [0.1, 0.15) is 19.3 Å². The van der Waals surface area contributed by atoms with Gasteiger partial charge in [-0.2, -0.15) is 5.10 Å². The third kappa shape index (κ3) is 3.96. The third-order valence-electron chi connectivity index (χ3n) is 4.93. The summed E-state index contributed by atoms with van der Waals surface area (Å²) >= 11 is 0. The van der Waals surface area contributed by atoms with Crippen LogP contribution in [0.5, 0.6) is 11.5 Å². The molecule has 0 bridgehead atoms. The monoisotopic (exact) mass is 407 g/mol. The predicted octanol–water partition coefficient (Wildman–Crippen LogP) is 0.108. The maximum absolute atomic E-state index is 12.5. The van der Waals surface area contributed by atoms with Gasteiger partial charge in [0.1, 0.15) is 18.4 Å². The molecule has 9 nitrogen and oxygen atoms in total. The molecule has 2 amide bonds. The molecule has 0 radical (unpaired) electrons. The summed E-state index contributed by atoms with van der Waals surface area (Å²) in [5.74, 6) is 0.590. The van der Waals surface area contributed by atoms with E-state index in [2.05, 4.69) is 10.4 Å². The van der Waals surface area contributed by atoms with Gasteiger partial charge in [-0.3, -0.25) is 9.59 Å². The Bertz CT molecular complexity index is 929. The zero-order valence-electron chi connectivity index (χ0n) is 15.2. The lowest BCUT2D eigenvalue weighted by atomic mass is 10.1. The van der Waals surface area contributed by atoms with Crippen LogP contribution in [0.15, 0.2) is 29.4 Å². The number of benzene rings is 1. The van der Waals surface area contributed by atoms with E-state index in [1.165, 1.54) is 5.01 Å². The largest absolute Gasteiger partial charge is 0.486 e. The number of hydrogen-bond acceptors (Lipinski definition) is 7. The topological polar surface area (TPSA) is 114 Å². The Morgan fingerprint density at radius 3 is 2.79 bits per heavy atom.